The predicted octanol–water partition coefficient (Wildman–Crippen LogP) is 1.17. The van der Waals surface area contributed by atoms with E-state index < -0.39 is 12.1 Å². The average Bonchev–Trinajstić information content (AvgIpc) is 2.28. The molecular formula is C10H17NO4. The van der Waals surface area contributed by atoms with Gasteiger partial charge in [0.15, 0.2) is 0 Å². The van der Waals surface area contributed by atoms with Gasteiger partial charge in [0.2, 0.25) is 0 Å². The summed E-state index contributed by atoms with van der Waals surface area (Å²) in [6, 6.07) is -0.470. The third-order valence-electron chi connectivity index (χ3n) is 2.48. The minimum atomic E-state index is -0.470. The molecule has 5 heteroatoms. The van der Waals surface area contributed by atoms with Crippen LogP contribution in [0.25, 0.3) is 0 Å². The smallest absolute Gasteiger partial charge is 0.410 e. The fraction of sp³-hybridized carbons (Fsp3) is 0.800. The Morgan fingerprint density at radius 2 is 2.13 bits per heavy atom. The van der Waals surface area contributed by atoms with Gasteiger partial charge in [0.25, 0.3) is 0 Å². The van der Waals surface area contributed by atoms with E-state index in [1.54, 1.807) is 6.92 Å². The number of nitrogens with zero attached hydrogens (tertiary/aromatic N) is 1. The van der Waals surface area contributed by atoms with Crippen molar-refractivity contribution in [3.63, 3.8) is 0 Å². The summed E-state index contributed by atoms with van der Waals surface area (Å²) in [4.78, 5) is 24.4. The Morgan fingerprint density at radius 3 is 2.73 bits per heavy atom. The molecule has 0 radical (unpaired) electrons. The summed E-state index contributed by atoms with van der Waals surface area (Å²) in [6.45, 7) is 2.64. The lowest BCUT2D eigenvalue weighted by Crippen LogP contribution is -2.48. The molecule has 0 aromatic carbocycles. The van der Waals surface area contributed by atoms with Gasteiger partial charge in [-0.1, -0.05) is 0 Å². The lowest BCUT2D eigenvalue weighted by molar-refractivity contribution is -0.147. The van der Waals surface area contributed by atoms with Crippen LogP contribution in [0.1, 0.15) is 26.2 Å². The topological polar surface area (TPSA) is 55.8 Å². The van der Waals surface area contributed by atoms with Crippen molar-refractivity contribution >= 4 is 12.1 Å². The van der Waals surface area contributed by atoms with E-state index in [0.717, 1.165) is 12.8 Å². The molecule has 0 N–H and O–H groups in total. The first-order valence-electron chi connectivity index (χ1n) is 5.22. The lowest BCUT2D eigenvalue weighted by atomic mass is 10.0. The van der Waals surface area contributed by atoms with E-state index in [2.05, 4.69) is 4.74 Å². The van der Waals surface area contributed by atoms with Crippen molar-refractivity contribution in [3.05, 3.63) is 0 Å². The maximum atomic E-state index is 11.5. The van der Waals surface area contributed by atoms with Crippen LogP contribution in [0, 0.1) is 0 Å². The zero-order chi connectivity index (χ0) is 11.3. The Kier molecular flexibility index (Phi) is 4.39. The number of carbonyl (C=O) groups excluding carboxylic acids is 2. The Balaban J connectivity index is 2.65. The molecule has 1 aliphatic rings. The highest BCUT2D eigenvalue weighted by atomic mass is 16.6. The van der Waals surface area contributed by atoms with Crippen LogP contribution in [0.5, 0.6) is 0 Å². The fourth-order valence-corrected chi connectivity index (χ4v) is 1.74. The summed E-state index contributed by atoms with van der Waals surface area (Å²) in [5.41, 5.74) is 0. The summed E-state index contributed by atoms with van der Waals surface area (Å²) >= 11 is 0. The van der Waals surface area contributed by atoms with Crippen LogP contribution in [-0.4, -0.2) is 43.3 Å². The van der Waals surface area contributed by atoms with E-state index in [1.165, 1.54) is 12.0 Å². The van der Waals surface area contributed by atoms with Gasteiger partial charge in [0.05, 0.1) is 13.7 Å². The number of hydrogen-bond acceptors (Lipinski definition) is 4. The molecule has 1 heterocycles. The van der Waals surface area contributed by atoms with Gasteiger partial charge in [-0.05, 0) is 26.2 Å². The molecule has 1 fully saturated rings. The molecule has 1 aliphatic heterocycles. The summed E-state index contributed by atoms with van der Waals surface area (Å²) in [7, 11) is 1.33. The number of esters is 1. The Morgan fingerprint density at radius 1 is 1.40 bits per heavy atom. The molecule has 0 aromatic heterocycles. The first kappa shape index (κ1) is 11.8. The average molecular weight is 215 g/mol. The molecule has 1 atom stereocenters. The summed E-state index contributed by atoms with van der Waals surface area (Å²) < 4.78 is 9.55. The van der Waals surface area contributed by atoms with E-state index in [4.69, 9.17) is 4.74 Å². The highest BCUT2D eigenvalue weighted by molar-refractivity contribution is 5.81. The summed E-state index contributed by atoms with van der Waals surface area (Å²) in [5, 5.41) is 0. The number of piperidine rings is 1. The van der Waals surface area contributed by atoms with Gasteiger partial charge in [-0.25, -0.2) is 9.59 Å². The Labute approximate surface area is 89.3 Å². The van der Waals surface area contributed by atoms with Crippen LogP contribution in [0.3, 0.4) is 0 Å². The van der Waals surface area contributed by atoms with E-state index in [1.807, 2.05) is 0 Å². The quantitative estimate of drug-likeness (QED) is 0.649. The fourth-order valence-electron chi connectivity index (χ4n) is 1.74. The number of hydrogen-bond donors (Lipinski definition) is 0. The van der Waals surface area contributed by atoms with Gasteiger partial charge in [-0.15, -0.1) is 0 Å². The van der Waals surface area contributed by atoms with Crippen LogP contribution in [-0.2, 0) is 14.3 Å². The van der Waals surface area contributed by atoms with Crippen molar-refractivity contribution in [2.24, 2.45) is 0 Å². The molecule has 1 amide bonds. The second kappa shape index (κ2) is 5.58. The van der Waals surface area contributed by atoms with Crippen molar-refractivity contribution in [2.45, 2.75) is 32.2 Å². The number of carbonyl (C=O) groups is 2. The lowest BCUT2D eigenvalue weighted by Gasteiger charge is -2.32. The van der Waals surface area contributed by atoms with Gasteiger partial charge in [0, 0.05) is 6.54 Å². The van der Waals surface area contributed by atoms with Crippen molar-refractivity contribution < 1.29 is 19.1 Å². The number of ether oxygens (including phenoxy) is 2. The Bertz CT molecular complexity index is 242. The highest BCUT2D eigenvalue weighted by Gasteiger charge is 2.33. The van der Waals surface area contributed by atoms with Crippen LogP contribution in [0.2, 0.25) is 0 Å². The van der Waals surface area contributed by atoms with Crippen molar-refractivity contribution in [2.75, 3.05) is 20.3 Å². The number of amides is 1. The molecule has 0 unspecified atom stereocenters. The molecule has 86 valence electrons. The van der Waals surface area contributed by atoms with E-state index in [0.29, 0.717) is 19.6 Å². The monoisotopic (exact) mass is 215 g/mol. The third kappa shape index (κ3) is 2.84. The van der Waals surface area contributed by atoms with Crippen molar-refractivity contribution in [1.29, 1.82) is 0 Å². The molecule has 0 aromatic rings. The van der Waals surface area contributed by atoms with Crippen LogP contribution >= 0.6 is 0 Å². The number of methoxy groups -OCH3 is 1. The number of rotatable bonds is 2. The second-order valence-corrected chi connectivity index (χ2v) is 3.43. The second-order valence-electron chi connectivity index (χ2n) is 3.43. The van der Waals surface area contributed by atoms with Gasteiger partial charge >= 0.3 is 12.1 Å². The number of likely N-dealkylation sites (tertiary alicyclic amines) is 1. The van der Waals surface area contributed by atoms with E-state index >= 15 is 0 Å². The zero-order valence-electron chi connectivity index (χ0n) is 9.19. The molecule has 0 bridgehead atoms. The molecule has 0 aliphatic carbocycles. The van der Waals surface area contributed by atoms with Crippen LogP contribution in [0.15, 0.2) is 0 Å². The maximum absolute atomic E-state index is 11.5. The molecular weight excluding hydrogens is 198 g/mol. The maximum Gasteiger partial charge on any atom is 0.410 e. The third-order valence-corrected chi connectivity index (χ3v) is 2.48. The standard InChI is InChI=1S/C10H17NO4/c1-3-15-10(13)11-7-5-4-6-8(11)9(12)14-2/h8H,3-7H2,1-2H3/t8-/m1/s1. The molecule has 0 spiro atoms. The van der Waals surface area contributed by atoms with Crippen LogP contribution in [0.4, 0.5) is 4.79 Å². The zero-order valence-corrected chi connectivity index (χ0v) is 9.19. The highest BCUT2D eigenvalue weighted by Crippen LogP contribution is 2.18. The molecule has 1 saturated heterocycles. The normalized spacial score (nSPS) is 20.9. The molecule has 0 saturated carbocycles. The molecule has 15 heavy (non-hydrogen) atoms. The largest absolute Gasteiger partial charge is 0.467 e. The summed E-state index contributed by atoms with van der Waals surface area (Å²) in [5.74, 6) is -0.359. The minimum Gasteiger partial charge on any atom is -0.467 e. The SMILES string of the molecule is CCOC(=O)N1CCCC[C@@H]1C(=O)OC. The van der Waals surface area contributed by atoms with Crippen molar-refractivity contribution in [3.8, 4) is 0 Å². The van der Waals surface area contributed by atoms with Gasteiger partial charge in [-0.2, -0.15) is 0 Å². The Hall–Kier alpha value is -1.26. The van der Waals surface area contributed by atoms with Crippen molar-refractivity contribution in [1.82, 2.24) is 4.90 Å². The summed E-state index contributed by atoms with van der Waals surface area (Å²) in [6.07, 6.45) is 2.08. The molecule has 5 nitrogen and oxygen atoms in total. The van der Waals surface area contributed by atoms with Gasteiger partial charge in [-0.3, -0.25) is 4.90 Å². The van der Waals surface area contributed by atoms with Gasteiger partial charge in [0.1, 0.15) is 6.04 Å². The predicted molar refractivity (Wildman–Crippen MR) is 53.4 cm³/mol. The molecule has 1 rings (SSSR count). The van der Waals surface area contributed by atoms with Gasteiger partial charge < -0.3 is 9.47 Å². The first-order valence-corrected chi connectivity index (χ1v) is 5.22. The minimum absolute atomic E-state index is 0.323. The first-order chi connectivity index (χ1) is 7.20. The van der Waals surface area contributed by atoms with E-state index in [9.17, 15) is 9.59 Å². The van der Waals surface area contributed by atoms with Crippen LogP contribution < -0.4 is 0 Å². The van der Waals surface area contributed by atoms with E-state index in [-0.39, 0.29) is 5.97 Å².